The predicted octanol–water partition coefficient (Wildman–Crippen LogP) is 5.19. The first-order valence-electron chi connectivity index (χ1n) is 12.3. The number of aliphatic carboxylic acids is 1. The molecule has 0 bridgehead atoms. The fourth-order valence-electron chi connectivity index (χ4n) is 4.66. The summed E-state index contributed by atoms with van der Waals surface area (Å²) in [4.78, 5) is 43.3. The SMILES string of the molecule is Cc1cccc2c1NC(=O)C(NC(=O)C(CCC(F)(F)F)C(C(=O)O)c1ccccc1)N=C2c1cccc(F)c1. The van der Waals surface area contributed by atoms with Crippen LogP contribution in [0.4, 0.5) is 23.2 Å². The van der Waals surface area contributed by atoms with Crippen molar-refractivity contribution in [2.75, 3.05) is 5.32 Å². The van der Waals surface area contributed by atoms with Gasteiger partial charge in [-0.05, 0) is 36.6 Å². The van der Waals surface area contributed by atoms with Crippen molar-refractivity contribution in [3.8, 4) is 0 Å². The Morgan fingerprint density at radius 1 is 1.05 bits per heavy atom. The highest BCUT2D eigenvalue weighted by atomic mass is 19.4. The Morgan fingerprint density at radius 3 is 2.40 bits per heavy atom. The summed E-state index contributed by atoms with van der Waals surface area (Å²) in [5.41, 5.74) is 2.05. The molecule has 3 atom stereocenters. The first-order valence-corrected chi connectivity index (χ1v) is 12.3. The Bertz CT molecular complexity index is 1460. The van der Waals surface area contributed by atoms with Gasteiger partial charge >= 0.3 is 12.1 Å². The van der Waals surface area contributed by atoms with E-state index in [1.807, 2.05) is 0 Å². The summed E-state index contributed by atoms with van der Waals surface area (Å²) in [7, 11) is 0. The number of benzodiazepines with no additional fused rings is 1. The van der Waals surface area contributed by atoms with E-state index in [-0.39, 0.29) is 11.3 Å². The fraction of sp³-hybridized carbons (Fsp3) is 0.241. The van der Waals surface area contributed by atoms with Gasteiger partial charge in [0.05, 0.1) is 23.2 Å². The van der Waals surface area contributed by atoms with Gasteiger partial charge in [0, 0.05) is 17.5 Å². The number of carbonyl (C=O) groups excluding carboxylic acids is 2. The number of hydrogen-bond donors (Lipinski definition) is 3. The van der Waals surface area contributed by atoms with E-state index in [1.165, 1.54) is 42.5 Å². The summed E-state index contributed by atoms with van der Waals surface area (Å²) in [6.45, 7) is 1.73. The summed E-state index contributed by atoms with van der Waals surface area (Å²) in [6.07, 6.45) is -8.55. The molecule has 3 unspecified atom stereocenters. The van der Waals surface area contributed by atoms with Crippen molar-refractivity contribution < 1.29 is 37.1 Å². The first-order chi connectivity index (χ1) is 18.9. The largest absolute Gasteiger partial charge is 0.481 e. The molecule has 0 saturated heterocycles. The van der Waals surface area contributed by atoms with E-state index in [0.717, 1.165) is 0 Å². The molecule has 40 heavy (non-hydrogen) atoms. The molecule has 3 aromatic rings. The zero-order valence-electron chi connectivity index (χ0n) is 21.2. The van der Waals surface area contributed by atoms with Crippen LogP contribution in [0.5, 0.6) is 0 Å². The third kappa shape index (κ3) is 6.53. The molecule has 1 aliphatic rings. The molecule has 1 aliphatic heterocycles. The molecular formula is C29H25F4N3O4. The van der Waals surface area contributed by atoms with Gasteiger partial charge in [0.25, 0.3) is 5.91 Å². The van der Waals surface area contributed by atoms with Gasteiger partial charge in [-0.3, -0.25) is 14.4 Å². The average molecular weight is 556 g/mol. The van der Waals surface area contributed by atoms with E-state index in [0.29, 0.717) is 22.4 Å². The van der Waals surface area contributed by atoms with Crippen molar-refractivity contribution in [2.24, 2.45) is 10.9 Å². The van der Waals surface area contributed by atoms with Gasteiger partial charge in [-0.1, -0.05) is 60.7 Å². The lowest BCUT2D eigenvalue weighted by molar-refractivity contribution is -0.150. The molecule has 0 aliphatic carbocycles. The number of carbonyl (C=O) groups is 3. The van der Waals surface area contributed by atoms with Gasteiger partial charge in [-0.25, -0.2) is 9.38 Å². The number of fused-ring (bicyclic) bond motifs is 1. The molecule has 0 radical (unpaired) electrons. The molecule has 0 spiro atoms. The third-order valence-corrected chi connectivity index (χ3v) is 6.56. The lowest BCUT2D eigenvalue weighted by atomic mass is 9.82. The van der Waals surface area contributed by atoms with Crippen LogP contribution in [0.15, 0.2) is 77.8 Å². The van der Waals surface area contributed by atoms with E-state index in [4.69, 9.17) is 0 Å². The first kappa shape index (κ1) is 28.5. The number of anilines is 1. The standard InChI is InChI=1S/C29H25F4N3O4/c1-16-7-5-12-21-23(16)35-27(38)25(34-24(21)18-10-6-11-19(30)15-18)36-26(37)20(13-14-29(31,32)33)22(28(39)40)17-8-3-2-4-9-17/h2-12,15,20,22,25H,13-14H2,1H3,(H,35,38)(H,36,37)(H,39,40). The van der Waals surface area contributed by atoms with Gasteiger partial charge < -0.3 is 15.7 Å². The molecule has 1 heterocycles. The molecule has 0 saturated carbocycles. The molecule has 3 N–H and O–H groups in total. The lowest BCUT2D eigenvalue weighted by Crippen LogP contribution is -2.47. The number of rotatable bonds is 8. The van der Waals surface area contributed by atoms with Gasteiger partial charge in [0.1, 0.15) is 5.82 Å². The molecule has 4 rings (SSSR count). The highest BCUT2D eigenvalue weighted by molar-refractivity contribution is 6.20. The molecule has 7 nitrogen and oxygen atoms in total. The van der Waals surface area contributed by atoms with Crippen LogP contribution in [-0.4, -0.2) is 40.9 Å². The molecule has 0 aromatic heterocycles. The van der Waals surface area contributed by atoms with Gasteiger partial charge in [-0.2, -0.15) is 13.2 Å². The summed E-state index contributed by atoms with van der Waals surface area (Å²) in [6, 6.07) is 18.0. The van der Waals surface area contributed by atoms with E-state index in [1.54, 1.807) is 37.3 Å². The molecule has 0 fully saturated rings. The van der Waals surface area contributed by atoms with E-state index in [2.05, 4.69) is 15.6 Å². The van der Waals surface area contributed by atoms with Crippen molar-refractivity contribution in [3.63, 3.8) is 0 Å². The second-order valence-electron chi connectivity index (χ2n) is 9.37. The number of halogens is 4. The Balaban J connectivity index is 1.75. The number of alkyl halides is 3. The summed E-state index contributed by atoms with van der Waals surface area (Å²) < 4.78 is 53.7. The topological polar surface area (TPSA) is 108 Å². The van der Waals surface area contributed by atoms with Crippen LogP contribution in [0.1, 0.15) is 41.0 Å². The number of amides is 2. The number of aliphatic imine (C=N–C) groups is 1. The summed E-state index contributed by atoms with van der Waals surface area (Å²) in [5.74, 6) is -7.26. The number of aryl methyl sites for hydroxylation is 1. The van der Waals surface area contributed by atoms with Crippen LogP contribution >= 0.6 is 0 Å². The van der Waals surface area contributed by atoms with Crippen LogP contribution < -0.4 is 10.6 Å². The van der Waals surface area contributed by atoms with Gasteiger partial charge in [0.15, 0.2) is 0 Å². The minimum absolute atomic E-state index is 0.134. The van der Waals surface area contributed by atoms with E-state index >= 15 is 0 Å². The van der Waals surface area contributed by atoms with Gasteiger partial charge in [-0.15, -0.1) is 0 Å². The summed E-state index contributed by atoms with van der Waals surface area (Å²) in [5, 5.41) is 15.0. The smallest absolute Gasteiger partial charge is 0.389 e. The Hall–Kier alpha value is -4.54. The molecule has 208 valence electrons. The second kappa shape index (κ2) is 11.7. The zero-order chi connectivity index (χ0) is 29.0. The van der Waals surface area contributed by atoms with Crippen LogP contribution in [0.2, 0.25) is 0 Å². The van der Waals surface area contributed by atoms with Crippen LogP contribution in [0.25, 0.3) is 0 Å². The maximum Gasteiger partial charge on any atom is 0.389 e. The minimum atomic E-state index is -4.65. The molecular weight excluding hydrogens is 530 g/mol. The Morgan fingerprint density at radius 2 is 1.75 bits per heavy atom. The number of carboxylic acids is 1. The van der Waals surface area contributed by atoms with Crippen LogP contribution in [0, 0.1) is 18.7 Å². The van der Waals surface area contributed by atoms with Crippen LogP contribution in [-0.2, 0) is 14.4 Å². The highest BCUT2D eigenvalue weighted by Crippen LogP contribution is 2.34. The lowest BCUT2D eigenvalue weighted by Gasteiger charge is -2.25. The van der Waals surface area contributed by atoms with Crippen molar-refractivity contribution in [1.82, 2.24) is 5.32 Å². The normalized spacial score (nSPS) is 16.6. The van der Waals surface area contributed by atoms with E-state index < -0.39 is 60.6 Å². The maximum absolute atomic E-state index is 14.1. The number of hydrogen-bond acceptors (Lipinski definition) is 4. The average Bonchev–Trinajstić information content (AvgIpc) is 3.03. The van der Waals surface area contributed by atoms with Crippen molar-refractivity contribution in [1.29, 1.82) is 0 Å². The Kier molecular flexibility index (Phi) is 8.32. The summed E-state index contributed by atoms with van der Waals surface area (Å²) >= 11 is 0. The zero-order valence-corrected chi connectivity index (χ0v) is 21.2. The second-order valence-corrected chi connectivity index (χ2v) is 9.37. The highest BCUT2D eigenvalue weighted by Gasteiger charge is 2.40. The molecule has 3 aromatic carbocycles. The maximum atomic E-state index is 14.1. The number of nitrogens with zero attached hydrogens (tertiary/aromatic N) is 1. The third-order valence-electron chi connectivity index (χ3n) is 6.56. The monoisotopic (exact) mass is 555 g/mol. The van der Waals surface area contributed by atoms with Crippen molar-refractivity contribution in [2.45, 2.75) is 38.0 Å². The molecule has 11 heteroatoms. The molecule has 2 amide bonds. The number of para-hydroxylation sites is 1. The van der Waals surface area contributed by atoms with Crippen molar-refractivity contribution >= 4 is 29.2 Å². The van der Waals surface area contributed by atoms with Gasteiger partial charge in [0.2, 0.25) is 12.1 Å². The number of nitrogens with one attached hydrogen (secondary N) is 2. The minimum Gasteiger partial charge on any atom is -0.481 e. The quantitative estimate of drug-likeness (QED) is 0.333. The van der Waals surface area contributed by atoms with Crippen molar-refractivity contribution in [3.05, 3.63) is 101 Å². The Labute approximate surface area is 226 Å². The van der Waals surface area contributed by atoms with E-state index in [9.17, 15) is 37.1 Å². The van der Waals surface area contributed by atoms with Crippen LogP contribution in [0.3, 0.4) is 0 Å². The predicted molar refractivity (Wildman–Crippen MR) is 139 cm³/mol. The number of carboxylic acid groups (broad SMARTS) is 1. The fourth-order valence-corrected chi connectivity index (χ4v) is 4.66. The number of benzene rings is 3.